The monoisotopic (exact) mass is 2010 g/mol. The molecule has 8 amide bonds. The van der Waals surface area contributed by atoms with Crippen molar-refractivity contribution in [2.24, 2.45) is 31.9 Å². The number of amidine groups is 2. The number of aromatic amines is 4. The van der Waals surface area contributed by atoms with Gasteiger partial charge in [0.2, 0.25) is 23.5 Å². The lowest BCUT2D eigenvalue weighted by Crippen LogP contribution is -2.45. The molecule has 16 aromatic rings. The number of benzene rings is 8. The van der Waals surface area contributed by atoms with Crippen LogP contribution in [0.25, 0.3) is 86.5 Å². The first-order valence-corrected chi connectivity index (χ1v) is 43.8. The highest BCUT2D eigenvalue weighted by Crippen LogP contribution is 2.47. The summed E-state index contributed by atoms with van der Waals surface area (Å²) in [5.41, 5.74) is 17.1. The second-order valence-corrected chi connectivity index (χ2v) is 33.9. The number of hydrazone groups is 4. The average Bonchev–Trinajstić information content (AvgIpc) is 0.961. The Labute approximate surface area is 811 Å². The van der Waals surface area contributed by atoms with E-state index in [1.165, 1.54) is 85.2 Å². The maximum Gasteiger partial charge on any atom is 0.347 e. The third-order valence-electron chi connectivity index (χ3n) is 19.7. The van der Waals surface area contributed by atoms with Crippen LogP contribution in [0.4, 0.5) is 41.9 Å². The molecule has 36 nitrogen and oxygen atoms in total. The summed E-state index contributed by atoms with van der Waals surface area (Å²) >= 11 is 54.7. The maximum absolute atomic E-state index is 12.4. The van der Waals surface area contributed by atoms with E-state index in [-0.39, 0.29) is 132 Å². The molecule has 8 aromatic carbocycles. The maximum atomic E-state index is 12.4. The molecule has 4 aliphatic heterocycles. The van der Waals surface area contributed by atoms with Crippen LogP contribution in [-0.4, -0.2) is 99.0 Å². The SMILES string of the molecule is C=C1C=NN(c2cc(Cl)c(Oc3cc(-c4ccc5sccc5c4)c(=O)[nH]n3)c(Cl)c2)C(=O)N1.C=C1C=NN(c2cc(Cl)c(Oc3n[nH]c(=O)cc3-c3ccc4sccc4c3)c(Cl)c2)C(=O)N1.C=C1NC(=O)N(c2cc(Cl)c(Oc3n[nH]c(=O)cc3-c3cc4ccccc4cn3)c(Cl)c2)N=C1N.C=C1NC(=O)N(c2cc(Cl)c(Oc3n[nH]c(=O)cc3-c3cnc4ccccc4c3)c(Cl)c2)N=C1N. The van der Waals surface area contributed by atoms with Gasteiger partial charge >= 0.3 is 24.1 Å². The van der Waals surface area contributed by atoms with Crippen LogP contribution in [0.1, 0.15) is 0 Å². The van der Waals surface area contributed by atoms with E-state index in [4.69, 9.17) is 123 Å². The van der Waals surface area contributed by atoms with Crippen molar-refractivity contribution in [2.75, 3.05) is 20.0 Å². The lowest BCUT2D eigenvalue weighted by molar-refractivity contribution is 0.247. The molecule has 20 rings (SSSR count). The number of anilines is 4. The van der Waals surface area contributed by atoms with Gasteiger partial charge < -0.3 is 51.7 Å². The van der Waals surface area contributed by atoms with Gasteiger partial charge in [0.05, 0.1) is 132 Å². The van der Waals surface area contributed by atoms with Gasteiger partial charge in [0.25, 0.3) is 22.2 Å². The van der Waals surface area contributed by atoms with Crippen LogP contribution in [0.5, 0.6) is 46.5 Å². The van der Waals surface area contributed by atoms with Crippen molar-refractivity contribution < 1.29 is 38.1 Å². The number of ether oxygens (including phenoxy) is 4. The molecule has 0 saturated heterocycles. The van der Waals surface area contributed by atoms with E-state index in [1.54, 1.807) is 35.1 Å². The summed E-state index contributed by atoms with van der Waals surface area (Å²) in [6, 6.07) is 49.4. The summed E-state index contributed by atoms with van der Waals surface area (Å²) in [7, 11) is 0. The van der Waals surface area contributed by atoms with Crippen LogP contribution in [-0.2, 0) is 0 Å². The van der Waals surface area contributed by atoms with E-state index in [0.29, 0.717) is 56.3 Å². The first-order valence-electron chi connectivity index (χ1n) is 39.1. The Bertz CT molecular complexity index is 7840. The molecule has 0 aliphatic carbocycles. The number of nitrogens with one attached hydrogen (secondary N) is 8. The number of H-pyrrole nitrogens is 4. The van der Waals surface area contributed by atoms with Crippen molar-refractivity contribution in [1.29, 1.82) is 0 Å². The lowest BCUT2D eigenvalue weighted by Gasteiger charge is -2.24. The van der Waals surface area contributed by atoms with Gasteiger partial charge in [-0.15, -0.1) is 53.3 Å². The zero-order chi connectivity index (χ0) is 95.6. The molecule has 0 spiro atoms. The third-order valence-corrected chi connectivity index (χ3v) is 23.7. The number of nitrogens with zero attached hydrogens (tertiary/aromatic N) is 14. The zero-order valence-electron chi connectivity index (χ0n) is 68.8. The molecule has 676 valence electrons. The fourth-order valence-electron chi connectivity index (χ4n) is 13.3. The van der Waals surface area contributed by atoms with Crippen LogP contribution in [0, 0.1) is 0 Å². The predicted octanol–water partition coefficient (Wildman–Crippen LogP) is 20.4. The molecule has 0 fully saturated rings. The van der Waals surface area contributed by atoms with Crippen LogP contribution in [0.3, 0.4) is 0 Å². The number of para-hydroxylation sites is 1. The van der Waals surface area contributed by atoms with E-state index < -0.39 is 35.2 Å². The fraction of sp³-hybridized carbons (Fsp3) is 0. The molecule has 46 heteroatoms. The van der Waals surface area contributed by atoms with E-state index in [9.17, 15) is 38.4 Å². The number of rotatable bonds is 16. The zero-order valence-corrected chi connectivity index (χ0v) is 76.4. The van der Waals surface area contributed by atoms with Gasteiger partial charge in [-0.25, -0.2) is 39.6 Å². The van der Waals surface area contributed by atoms with Crippen LogP contribution >= 0.6 is 115 Å². The molecular weight excluding hydrogens is 1960 g/mol. The number of aromatic nitrogens is 10. The fourth-order valence-corrected chi connectivity index (χ4v) is 17.0. The van der Waals surface area contributed by atoms with E-state index >= 15 is 0 Å². The number of fused-ring (bicyclic) bond motifs is 4. The number of hydrogen-bond acceptors (Lipinski definition) is 26. The highest BCUT2D eigenvalue weighted by atomic mass is 35.5. The molecular formula is C90H56Cl8N24O12S2. The number of halogens is 8. The third kappa shape index (κ3) is 20.0. The molecule has 12 N–H and O–H groups in total. The normalized spacial score (nSPS) is 13.5. The standard InChI is InChI=1S/2C23H15Cl2N7O3.2C22H13Cl2N5O3S/c1-11-21(26)31-32(23(34)28-11)14-7-16(24)20(17(25)8-14)35-22-15(9-19(33)29-30-22)13-6-12-4-2-3-5-18(12)27-10-13;1-11-21(26)31-32(23(34)28-11)14-7-16(24)20(17(25)8-14)35-22-15(9-19(33)29-30-22)18-6-12-4-2-3-5-13(12)10-27-18;1-11-10-25-29(22(31)26-11)14-7-16(23)20(17(24)8-14)32-19-9-15(21(30)28-27-19)12-2-3-18-13(6-12)4-5-33-18;1-11-10-25-29(22(31)26-11)14-7-16(23)20(17(24)8-14)32-21-15(9-19(30)27-28-21)12-2-3-18-13(6-12)4-5-33-18/h2*2-10H,1H2,(H2,26,31)(H,28,34)(H,29,33);2-10H,1H2,(H,26,31)(H,28,30);2-10H,1H2,(H,26,31)(H,27,30). The molecule has 136 heavy (non-hydrogen) atoms. The van der Waals surface area contributed by atoms with Crippen molar-refractivity contribution in [1.82, 2.24) is 72.0 Å². The Balaban J connectivity index is 0.000000126. The molecule has 0 unspecified atom stereocenters. The molecule has 0 radical (unpaired) electrons. The molecule has 0 atom stereocenters. The second kappa shape index (κ2) is 39.0. The van der Waals surface area contributed by atoms with Gasteiger partial charge in [0.1, 0.15) is 0 Å². The van der Waals surface area contributed by atoms with Crippen molar-refractivity contribution in [3.8, 4) is 91.2 Å². The number of carbonyl (C=O) groups excluding carboxylic acids is 4. The van der Waals surface area contributed by atoms with Crippen LogP contribution in [0.15, 0.2) is 294 Å². The van der Waals surface area contributed by atoms with Crippen molar-refractivity contribution in [2.45, 2.75) is 0 Å². The van der Waals surface area contributed by atoms with E-state index in [1.807, 2.05) is 120 Å². The molecule has 0 saturated carbocycles. The van der Waals surface area contributed by atoms with Crippen LogP contribution in [0.2, 0.25) is 40.2 Å². The number of allylic oxidation sites excluding steroid dienone is 2. The van der Waals surface area contributed by atoms with Gasteiger partial charge in [-0.05, 0) is 141 Å². The topological polar surface area (TPSA) is 477 Å². The largest absolute Gasteiger partial charge is 0.434 e. The number of amides is 8. The summed E-state index contributed by atoms with van der Waals surface area (Å²) in [6.07, 6.45) is 6.10. The number of carbonyl (C=O) groups is 4. The number of pyridine rings is 2. The summed E-state index contributed by atoms with van der Waals surface area (Å²) in [4.78, 5) is 106. The molecule has 8 aromatic heterocycles. The van der Waals surface area contributed by atoms with E-state index in [2.05, 4.69) is 119 Å². The highest BCUT2D eigenvalue weighted by Gasteiger charge is 2.31. The smallest absolute Gasteiger partial charge is 0.347 e. The van der Waals surface area contributed by atoms with Gasteiger partial charge in [-0.3, -0.25) is 29.1 Å². The Kier molecular flexibility index (Phi) is 26.3. The Morgan fingerprint density at radius 2 is 0.735 bits per heavy atom. The Morgan fingerprint density at radius 1 is 0.346 bits per heavy atom. The summed E-state index contributed by atoms with van der Waals surface area (Å²) in [6.45, 7) is 14.5. The number of urea groups is 4. The van der Waals surface area contributed by atoms with Crippen molar-refractivity contribution >= 4 is 228 Å². The van der Waals surface area contributed by atoms with Gasteiger partial charge in [-0.1, -0.05) is 174 Å². The van der Waals surface area contributed by atoms with Gasteiger partial charge in [-0.2, -0.15) is 30.2 Å². The van der Waals surface area contributed by atoms with Gasteiger partial charge in [0, 0.05) is 62.4 Å². The minimum atomic E-state index is -0.586. The second-order valence-electron chi connectivity index (χ2n) is 28.8. The summed E-state index contributed by atoms with van der Waals surface area (Å²) in [5.74, 6) is 0.693. The molecule has 4 aliphatic rings. The molecule has 12 heterocycles. The number of thiophene rings is 2. The average molecular weight is 2010 g/mol. The van der Waals surface area contributed by atoms with Crippen molar-refractivity contribution in [3.63, 3.8) is 0 Å². The van der Waals surface area contributed by atoms with E-state index in [0.717, 1.165) is 73.0 Å². The summed E-state index contributed by atoms with van der Waals surface area (Å²) in [5, 5.41) is 65.3. The first kappa shape index (κ1) is 91.7. The highest BCUT2D eigenvalue weighted by molar-refractivity contribution is 7.17. The number of nitrogens with two attached hydrogens (primary N) is 2. The lowest BCUT2D eigenvalue weighted by atomic mass is 10.1. The van der Waals surface area contributed by atoms with Gasteiger partial charge in [0.15, 0.2) is 34.7 Å². The quantitative estimate of drug-likeness (QED) is 0.0429. The predicted molar refractivity (Wildman–Crippen MR) is 530 cm³/mol. The van der Waals surface area contributed by atoms with Crippen LogP contribution < -0.4 is 94.0 Å². The van der Waals surface area contributed by atoms with Crippen molar-refractivity contribution in [3.05, 3.63) is 336 Å². The minimum Gasteiger partial charge on any atom is -0.434 e. The first-order chi connectivity index (χ1) is 65.4. The minimum absolute atomic E-state index is 0.0261. The molecule has 0 bridgehead atoms. The summed E-state index contributed by atoms with van der Waals surface area (Å²) < 4.78 is 25.8. The Morgan fingerprint density at radius 3 is 1.20 bits per heavy atom. The Hall–Kier alpha value is -16.1. The number of hydrogen-bond donors (Lipinski definition) is 10.